The number of piperidine rings is 1. The fraction of sp³-hybridized carbons (Fsp3) is 0.759. The second-order valence-electron chi connectivity index (χ2n) is 10.7. The topological polar surface area (TPSA) is 75.7 Å². The Balaban J connectivity index is 1.12. The third-order valence-electron chi connectivity index (χ3n) is 8.16. The highest BCUT2D eigenvalue weighted by Crippen LogP contribution is 2.50. The van der Waals surface area contributed by atoms with Crippen molar-refractivity contribution in [1.82, 2.24) is 4.90 Å². The number of benzene rings is 1. The van der Waals surface area contributed by atoms with Gasteiger partial charge in [0.1, 0.15) is 12.4 Å². The van der Waals surface area contributed by atoms with Crippen molar-refractivity contribution in [2.45, 2.75) is 44.6 Å². The van der Waals surface area contributed by atoms with Gasteiger partial charge in [-0.2, -0.15) is 0 Å². The summed E-state index contributed by atoms with van der Waals surface area (Å²) >= 11 is 0. The molecule has 0 spiro atoms. The van der Waals surface area contributed by atoms with Gasteiger partial charge >= 0.3 is 0 Å². The summed E-state index contributed by atoms with van der Waals surface area (Å²) in [6, 6.07) is 6.03. The smallest absolute Gasteiger partial charge is 0.180 e. The Bertz CT molecular complexity index is 861. The highest BCUT2D eigenvalue weighted by Gasteiger charge is 2.52. The first-order valence-corrected chi connectivity index (χ1v) is 13.9. The first-order chi connectivity index (χ1) is 18.0. The van der Waals surface area contributed by atoms with E-state index in [4.69, 9.17) is 28.4 Å². The number of ketones is 1. The summed E-state index contributed by atoms with van der Waals surface area (Å²) in [5.41, 5.74) is 2.04. The second-order valence-corrected chi connectivity index (χ2v) is 10.7. The van der Waals surface area contributed by atoms with Crippen LogP contribution in [-0.4, -0.2) is 103 Å². The monoisotopic (exact) mass is 519 g/mol. The number of nitrogens with zero attached hydrogens (tertiary/aromatic N) is 1. The fourth-order valence-electron chi connectivity index (χ4n) is 5.60. The molecule has 0 radical (unpaired) electrons. The van der Waals surface area contributed by atoms with Gasteiger partial charge in [-0.25, -0.2) is 0 Å². The molecule has 1 aromatic carbocycles. The standard InChI is InChI=1S/C29H45NO7/c1-22-27-28(31)25-7-6-24(20-26(25)29(22,2)8-9-30(27)21-23-4-5-23)37-19-18-36-17-16-35-15-14-34-13-12-33-11-10-32-3/h6-7,20,22-23,27H,4-5,8-19,21H2,1-3H3/t22-,27-,29?/m0/s1. The maximum Gasteiger partial charge on any atom is 0.180 e. The predicted molar refractivity (Wildman–Crippen MR) is 141 cm³/mol. The molecule has 1 aromatic rings. The van der Waals surface area contributed by atoms with Crippen molar-refractivity contribution < 1.29 is 33.2 Å². The molecule has 1 unspecified atom stereocenters. The second kappa shape index (κ2) is 14.0. The summed E-state index contributed by atoms with van der Waals surface area (Å²) in [5.74, 6) is 2.20. The van der Waals surface area contributed by atoms with Crippen LogP contribution in [0.3, 0.4) is 0 Å². The summed E-state index contributed by atoms with van der Waals surface area (Å²) in [6.07, 6.45) is 3.72. The number of Topliss-reactive ketones (excluding diaryl/α,β-unsaturated/α-hetero) is 1. The van der Waals surface area contributed by atoms with E-state index in [1.807, 2.05) is 12.1 Å². The van der Waals surface area contributed by atoms with Crippen LogP contribution in [-0.2, 0) is 29.1 Å². The lowest BCUT2D eigenvalue weighted by molar-refractivity contribution is -0.00979. The summed E-state index contributed by atoms with van der Waals surface area (Å²) in [5, 5.41) is 0. The molecule has 0 amide bonds. The first-order valence-electron chi connectivity index (χ1n) is 13.9. The molecule has 8 nitrogen and oxygen atoms in total. The molecule has 0 aromatic heterocycles. The predicted octanol–water partition coefficient (Wildman–Crippen LogP) is 3.35. The van der Waals surface area contributed by atoms with Crippen LogP contribution in [0.5, 0.6) is 5.75 Å². The van der Waals surface area contributed by atoms with Crippen molar-refractivity contribution in [3.63, 3.8) is 0 Å². The van der Waals surface area contributed by atoms with Crippen LogP contribution in [0.2, 0.25) is 0 Å². The quantitative estimate of drug-likeness (QED) is 0.274. The van der Waals surface area contributed by atoms with Crippen molar-refractivity contribution in [2.24, 2.45) is 11.8 Å². The molecule has 2 fully saturated rings. The minimum Gasteiger partial charge on any atom is -0.491 e. The lowest BCUT2D eigenvalue weighted by atomic mass is 9.58. The first kappa shape index (κ1) is 28.5. The van der Waals surface area contributed by atoms with Crippen LogP contribution >= 0.6 is 0 Å². The molecule has 3 aliphatic rings. The Morgan fingerprint density at radius 1 is 0.892 bits per heavy atom. The Labute approximate surface area is 221 Å². The number of hydrogen-bond donors (Lipinski definition) is 0. The minimum absolute atomic E-state index is 0.00191. The molecular formula is C29H45NO7. The number of rotatable bonds is 18. The summed E-state index contributed by atoms with van der Waals surface area (Å²) in [7, 11) is 1.65. The molecule has 1 saturated carbocycles. The van der Waals surface area contributed by atoms with E-state index in [2.05, 4.69) is 24.8 Å². The number of carbonyl (C=O) groups is 1. The van der Waals surface area contributed by atoms with Crippen molar-refractivity contribution in [1.29, 1.82) is 0 Å². The van der Waals surface area contributed by atoms with Crippen molar-refractivity contribution in [3.05, 3.63) is 29.3 Å². The van der Waals surface area contributed by atoms with Crippen molar-refractivity contribution in [3.8, 4) is 5.75 Å². The van der Waals surface area contributed by atoms with E-state index in [9.17, 15) is 4.79 Å². The number of likely N-dealkylation sites (tertiary alicyclic amines) is 1. The summed E-state index contributed by atoms with van der Waals surface area (Å²) in [6.45, 7) is 12.0. The lowest BCUT2D eigenvalue weighted by Crippen LogP contribution is -2.61. The molecule has 0 N–H and O–H groups in total. The van der Waals surface area contributed by atoms with E-state index in [0.29, 0.717) is 72.0 Å². The van der Waals surface area contributed by atoms with E-state index in [-0.39, 0.29) is 17.2 Å². The molecule has 1 saturated heterocycles. The van der Waals surface area contributed by atoms with E-state index in [1.54, 1.807) is 7.11 Å². The number of carbonyl (C=O) groups excluding carboxylic acids is 1. The highest BCUT2D eigenvalue weighted by molar-refractivity contribution is 6.03. The average molecular weight is 520 g/mol. The molecule has 2 bridgehead atoms. The number of methoxy groups -OCH3 is 1. The van der Waals surface area contributed by atoms with Gasteiger partial charge in [0.05, 0.1) is 65.5 Å². The van der Waals surface area contributed by atoms with Gasteiger partial charge in [-0.1, -0.05) is 13.8 Å². The van der Waals surface area contributed by atoms with E-state index < -0.39 is 0 Å². The zero-order chi connectivity index (χ0) is 26.1. The van der Waals surface area contributed by atoms with Gasteiger partial charge in [0.25, 0.3) is 0 Å². The van der Waals surface area contributed by atoms with Crippen LogP contribution in [0.25, 0.3) is 0 Å². The minimum atomic E-state index is 0.00191. The molecule has 3 atom stereocenters. The maximum absolute atomic E-state index is 13.5. The highest BCUT2D eigenvalue weighted by atomic mass is 16.6. The van der Waals surface area contributed by atoms with E-state index in [1.165, 1.54) is 12.8 Å². The van der Waals surface area contributed by atoms with Gasteiger partial charge in [-0.05, 0) is 66.8 Å². The molecular weight excluding hydrogens is 474 g/mol. The summed E-state index contributed by atoms with van der Waals surface area (Å²) in [4.78, 5) is 15.9. The molecule has 37 heavy (non-hydrogen) atoms. The third-order valence-corrected chi connectivity index (χ3v) is 8.16. The summed E-state index contributed by atoms with van der Waals surface area (Å²) < 4.78 is 32.8. The van der Waals surface area contributed by atoms with Crippen LogP contribution in [0, 0.1) is 11.8 Å². The van der Waals surface area contributed by atoms with Crippen LogP contribution in [0.15, 0.2) is 18.2 Å². The van der Waals surface area contributed by atoms with Gasteiger partial charge < -0.3 is 28.4 Å². The lowest BCUT2D eigenvalue weighted by Gasteiger charge is -2.53. The third kappa shape index (κ3) is 7.52. The van der Waals surface area contributed by atoms with Crippen LogP contribution in [0.1, 0.15) is 49.0 Å². The molecule has 4 rings (SSSR count). The average Bonchev–Trinajstić information content (AvgIpc) is 3.72. The molecule has 2 aliphatic carbocycles. The van der Waals surface area contributed by atoms with Gasteiger partial charge in [0.2, 0.25) is 0 Å². The molecule has 208 valence electrons. The van der Waals surface area contributed by atoms with Crippen LogP contribution < -0.4 is 4.74 Å². The largest absolute Gasteiger partial charge is 0.491 e. The number of hydrogen-bond acceptors (Lipinski definition) is 8. The Morgan fingerprint density at radius 3 is 2.08 bits per heavy atom. The van der Waals surface area contributed by atoms with Gasteiger partial charge in [-0.3, -0.25) is 9.69 Å². The zero-order valence-electron chi connectivity index (χ0n) is 22.9. The Morgan fingerprint density at radius 2 is 1.49 bits per heavy atom. The van der Waals surface area contributed by atoms with Gasteiger partial charge in [0.15, 0.2) is 5.78 Å². The SMILES string of the molecule is COCCOCCOCCOCCOCCOc1ccc2c(c1)C1(C)CCN(CC3CC3)[C@H](C2=O)[C@@H]1C. The van der Waals surface area contributed by atoms with E-state index >= 15 is 0 Å². The van der Waals surface area contributed by atoms with E-state index in [0.717, 1.165) is 42.3 Å². The van der Waals surface area contributed by atoms with Gasteiger partial charge in [-0.15, -0.1) is 0 Å². The fourth-order valence-corrected chi connectivity index (χ4v) is 5.60. The Kier molecular flexibility index (Phi) is 10.8. The maximum atomic E-state index is 13.5. The number of fused-ring (bicyclic) bond motifs is 4. The van der Waals surface area contributed by atoms with Crippen molar-refractivity contribution in [2.75, 3.05) is 86.3 Å². The number of ether oxygens (including phenoxy) is 6. The molecule has 8 heteroatoms. The van der Waals surface area contributed by atoms with Gasteiger partial charge in [0, 0.05) is 19.2 Å². The van der Waals surface area contributed by atoms with Crippen molar-refractivity contribution >= 4 is 5.78 Å². The molecule has 1 heterocycles. The zero-order valence-corrected chi connectivity index (χ0v) is 22.9. The Hall–Kier alpha value is -1.55. The van der Waals surface area contributed by atoms with Crippen LogP contribution in [0.4, 0.5) is 0 Å². The molecule has 1 aliphatic heterocycles. The normalized spacial score (nSPS) is 25.3.